The summed E-state index contributed by atoms with van der Waals surface area (Å²) in [6.07, 6.45) is 30.3. The van der Waals surface area contributed by atoms with Crippen LogP contribution in [-0.2, 0) is 16.2 Å². The SMILES string of the molecule is CCCCCCCCCCCCOc1cc(COc2ccc(C=C3C(=O)NC(=O)NC3=O)cc2)cc(OCCCCCCCCCCCC)c1OC[C@@H](C)CCCC(C)C. The van der Waals surface area contributed by atoms with Crippen molar-refractivity contribution in [2.45, 2.75) is 189 Å². The van der Waals surface area contributed by atoms with Gasteiger partial charge in [0.2, 0.25) is 5.75 Å². The van der Waals surface area contributed by atoms with Gasteiger partial charge in [0.1, 0.15) is 17.9 Å². The third-order valence-electron chi connectivity index (χ3n) is 11.1. The van der Waals surface area contributed by atoms with Crippen LogP contribution in [0.2, 0.25) is 0 Å². The fourth-order valence-corrected chi connectivity index (χ4v) is 7.40. The maximum atomic E-state index is 12.2. The normalized spacial score (nSPS) is 13.3. The van der Waals surface area contributed by atoms with Crippen LogP contribution in [0.1, 0.15) is 193 Å². The molecule has 60 heavy (non-hydrogen) atoms. The summed E-state index contributed by atoms with van der Waals surface area (Å²) in [6, 6.07) is 10.4. The number of barbiturate groups is 1. The average molecular weight is 833 g/mol. The summed E-state index contributed by atoms with van der Waals surface area (Å²) >= 11 is 0. The number of hydrogen-bond acceptors (Lipinski definition) is 7. The van der Waals surface area contributed by atoms with Crippen molar-refractivity contribution in [2.24, 2.45) is 11.8 Å². The zero-order valence-electron chi connectivity index (χ0n) is 38.1. The number of amides is 4. The van der Waals surface area contributed by atoms with Gasteiger partial charge in [-0.1, -0.05) is 175 Å². The van der Waals surface area contributed by atoms with E-state index in [0.717, 1.165) is 37.7 Å². The molecule has 1 atom stereocenters. The van der Waals surface area contributed by atoms with E-state index in [9.17, 15) is 14.4 Å². The Bertz CT molecular complexity index is 1470. The molecule has 0 aliphatic carbocycles. The minimum absolute atomic E-state index is 0.133. The number of urea groups is 1. The number of imide groups is 2. The van der Waals surface area contributed by atoms with Gasteiger partial charge in [-0.05, 0) is 72.6 Å². The van der Waals surface area contributed by atoms with E-state index < -0.39 is 17.8 Å². The molecular formula is C51H80N2O7. The molecule has 0 unspecified atom stereocenters. The van der Waals surface area contributed by atoms with Crippen LogP contribution in [0.15, 0.2) is 42.0 Å². The lowest BCUT2D eigenvalue weighted by molar-refractivity contribution is -0.123. The van der Waals surface area contributed by atoms with Gasteiger partial charge < -0.3 is 18.9 Å². The second-order valence-corrected chi connectivity index (χ2v) is 17.4. The smallest absolute Gasteiger partial charge is 0.328 e. The highest BCUT2D eigenvalue weighted by molar-refractivity contribution is 6.31. The van der Waals surface area contributed by atoms with Crippen molar-refractivity contribution < 1.29 is 33.3 Å². The number of hydrogen-bond donors (Lipinski definition) is 2. The van der Waals surface area contributed by atoms with Gasteiger partial charge in [0, 0.05) is 0 Å². The molecule has 1 heterocycles. The van der Waals surface area contributed by atoms with Crippen molar-refractivity contribution in [3.05, 3.63) is 53.1 Å². The fourth-order valence-electron chi connectivity index (χ4n) is 7.40. The minimum atomic E-state index is -0.822. The highest BCUT2D eigenvalue weighted by Gasteiger charge is 2.27. The van der Waals surface area contributed by atoms with Gasteiger partial charge in [-0.2, -0.15) is 0 Å². The zero-order chi connectivity index (χ0) is 43.2. The molecule has 0 bridgehead atoms. The predicted molar refractivity (Wildman–Crippen MR) is 245 cm³/mol. The summed E-state index contributed by atoms with van der Waals surface area (Å²) < 4.78 is 26.0. The first-order chi connectivity index (χ1) is 29.2. The molecule has 3 rings (SSSR count). The van der Waals surface area contributed by atoms with E-state index in [0.29, 0.717) is 60.2 Å². The standard InChI is InChI=1S/C51H80N2O7/c1-6-8-10-12-14-16-18-20-22-24-33-57-46-36-43(39-59-44-31-29-42(30-32-44)35-45-49(54)52-51(56)53-50(45)55)37-47(48(46)60-38-41(5)28-26-27-40(3)4)58-34-25-23-21-19-17-15-13-11-9-7-2/h29-32,35-37,40-41H,6-28,33-34,38-39H2,1-5H3,(H2,52,53,54,55,56)/t41-/m0/s1. The Morgan fingerprint density at radius 2 is 1.02 bits per heavy atom. The van der Waals surface area contributed by atoms with Crippen molar-refractivity contribution in [1.82, 2.24) is 10.6 Å². The first-order valence-electron chi connectivity index (χ1n) is 23.9. The second-order valence-electron chi connectivity index (χ2n) is 17.4. The Kier molecular flexibility index (Phi) is 26.0. The van der Waals surface area contributed by atoms with Crippen molar-refractivity contribution in [1.29, 1.82) is 0 Å². The number of unbranched alkanes of at least 4 members (excludes halogenated alkanes) is 18. The van der Waals surface area contributed by atoms with Crippen molar-refractivity contribution in [3.63, 3.8) is 0 Å². The molecule has 0 spiro atoms. The number of benzene rings is 2. The highest BCUT2D eigenvalue weighted by atomic mass is 16.5. The van der Waals surface area contributed by atoms with Crippen LogP contribution in [0.4, 0.5) is 4.79 Å². The van der Waals surface area contributed by atoms with Crippen molar-refractivity contribution >= 4 is 23.9 Å². The Labute approximate surface area is 363 Å². The molecule has 336 valence electrons. The molecule has 1 aliphatic heterocycles. The Hall–Kier alpha value is -4.01. The average Bonchev–Trinajstić information content (AvgIpc) is 3.22. The largest absolute Gasteiger partial charge is 0.490 e. The molecule has 9 heteroatoms. The minimum Gasteiger partial charge on any atom is -0.490 e. The van der Waals surface area contributed by atoms with Gasteiger partial charge in [-0.25, -0.2) is 4.79 Å². The van der Waals surface area contributed by atoms with E-state index in [1.807, 2.05) is 12.1 Å². The molecule has 0 aromatic heterocycles. The molecule has 1 saturated heterocycles. The quantitative estimate of drug-likeness (QED) is 0.0404. The lowest BCUT2D eigenvalue weighted by Crippen LogP contribution is -2.51. The van der Waals surface area contributed by atoms with Gasteiger partial charge in [0.05, 0.1) is 19.8 Å². The van der Waals surface area contributed by atoms with Crippen molar-refractivity contribution in [2.75, 3.05) is 19.8 Å². The van der Waals surface area contributed by atoms with Crippen molar-refractivity contribution in [3.8, 4) is 23.0 Å². The highest BCUT2D eigenvalue weighted by Crippen LogP contribution is 2.40. The molecule has 2 aromatic rings. The molecule has 0 radical (unpaired) electrons. The summed E-state index contributed by atoms with van der Waals surface area (Å²) in [5.41, 5.74) is 1.41. The lowest BCUT2D eigenvalue weighted by Gasteiger charge is -2.21. The van der Waals surface area contributed by atoms with Crippen LogP contribution in [0.5, 0.6) is 23.0 Å². The van der Waals surface area contributed by atoms with Crippen LogP contribution in [-0.4, -0.2) is 37.7 Å². The molecule has 1 fully saturated rings. The number of carbonyl (C=O) groups excluding carboxylic acids is 3. The number of ether oxygens (including phenoxy) is 4. The maximum Gasteiger partial charge on any atom is 0.328 e. The number of rotatable bonds is 35. The van der Waals surface area contributed by atoms with E-state index in [2.05, 4.69) is 45.3 Å². The number of nitrogens with one attached hydrogen (secondary N) is 2. The first kappa shape index (κ1) is 50.3. The Balaban J connectivity index is 1.71. The predicted octanol–water partition coefficient (Wildman–Crippen LogP) is 13.5. The van der Waals surface area contributed by atoms with Gasteiger partial charge >= 0.3 is 6.03 Å². The third kappa shape index (κ3) is 21.5. The van der Waals surface area contributed by atoms with E-state index in [-0.39, 0.29) is 12.2 Å². The molecule has 1 aliphatic rings. The van der Waals surface area contributed by atoms with E-state index in [4.69, 9.17) is 18.9 Å². The van der Waals surface area contributed by atoms with Crippen LogP contribution in [0.3, 0.4) is 0 Å². The summed E-state index contributed by atoms with van der Waals surface area (Å²) in [5, 5.41) is 4.20. The fraction of sp³-hybridized carbons (Fsp3) is 0.667. The maximum absolute atomic E-state index is 12.2. The monoisotopic (exact) mass is 833 g/mol. The molecular weight excluding hydrogens is 753 g/mol. The van der Waals surface area contributed by atoms with E-state index in [1.54, 1.807) is 24.3 Å². The number of carbonyl (C=O) groups is 3. The Morgan fingerprint density at radius 3 is 1.48 bits per heavy atom. The summed E-state index contributed by atoms with van der Waals surface area (Å²) in [5.74, 6) is 2.35. The first-order valence-corrected chi connectivity index (χ1v) is 23.9. The zero-order valence-corrected chi connectivity index (χ0v) is 38.1. The van der Waals surface area contributed by atoms with Crippen LogP contribution < -0.4 is 29.6 Å². The summed E-state index contributed by atoms with van der Waals surface area (Å²) in [6.45, 7) is 13.5. The van der Waals surface area contributed by atoms with E-state index >= 15 is 0 Å². The van der Waals surface area contributed by atoms with Gasteiger partial charge in [0.25, 0.3) is 11.8 Å². The van der Waals surface area contributed by atoms with E-state index in [1.165, 1.54) is 122 Å². The van der Waals surface area contributed by atoms with Gasteiger partial charge in [0.15, 0.2) is 11.5 Å². The van der Waals surface area contributed by atoms with Crippen LogP contribution in [0, 0.1) is 11.8 Å². The molecule has 9 nitrogen and oxygen atoms in total. The Morgan fingerprint density at radius 1 is 0.550 bits per heavy atom. The van der Waals surface area contributed by atoms with Gasteiger partial charge in [-0.15, -0.1) is 0 Å². The molecule has 0 saturated carbocycles. The summed E-state index contributed by atoms with van der Waals surface area (Å²) in [7, 11) is 0. The second kappa shape index (κ2) is 30.9. The molecule has 2 N–H and O–H groups in total. The summed E-state index contributed by atoms with van der Waals surface area (Å²) in [4.78, 5) is 35.8. The third-order valence-corrected chi connectivity index (χ3v) is 11.1. The van der Waals surface area contributed by atoms with Crippen LogP contribution in [0.25, 0.3) is 6.08 Å². The molecule has 2 aromatic carbocycles. The topological polar surface area (TPSA) is 112 Å². The molecule has 4 amide bonds. The van der Waals surface area contributed by atoms with Gasteiger partial charge in [-0.3, -0.25) is 20.2 Å². The van der Waals surface area contributed by atoms with Crippen LogP contribution >= 0.6 is 0 Å². The lowest BCUT2D eigenvalue weighted by atomic mass is 10.0.